The van der Waals surface area contributed by atoms with Crippen molar-refractivity contribution in [1.29, 1.82) is 0 Å². The summed E-state index contributed by atoms with van der Waals surface area (Å²) in [5.41, 5.74) is 2.51. The van der Waals surface area contributed by atoms with Gasteiger partial charge in [0.2, 0.25) is 0 Å². The van der Waals surface area contributed by atoms with E-state index >= 15 is 0 Å². The number of amides is 2. The van der Waals surface area contributed by atoms with Gasteiger partial charge in [-0.1, -0.05) is 37.3 Å². The molecule has 0 saturated heterocycles. The molecule has 1 aliphatic rings. The summed E-state index contributed by atoms with van der Waals surface area (Å²) in [6, 6.07) is 20.3. The number of rotatable bonds is 9. The number of hydrogen-bond acceptors (Lipinski definition) is 7. The standard InChI is InChI=1S/C37H47N3O7/c1-25-21-40(26(2)24-41)36(43)32-20-31(38-35(42)29-11-6-5-7-12-29)17-18-33(32)47-27(3)10-8-9-19-46-34(25)23-39(4)22-28-13-15-30(16-14-28)37(44)45/h5-7,11-18,20,25-27,34,41H,8-10,19,21-24H2,1-4H3,(H,38,42)(H,44,45)/t25-,26+,27+,34+/m0/s1. The predicted octanol–water partition coefficient (Wildman–Crippen LogP) is 5.56. The summed E-state index contributed by atoms with van der Waals surface area (Å²) in [7, 11) is 1.99. The molecule has 0 fully saturated rings. The summed E-state index contributed by atoms with van der Waals surface area (Å²) >= 11 is 0. The summed E-state index contributed by atoms with van der Waals surface area (Å²) < 4.78 is 12.7. The van der Waals surface area contributed by atoms with Crippen LogP contribution in [0.2, 0.25) is 0 Å². The highest BCUT2D eigenvalue weighted by Crippen LogP contribution is 2.29. The monoisotopic (exact) mass is 645 g/mol. The van der Waals surface area contributed by atoms with Crippen LogP contribution in [0.4, 0.5) is 5.69 Å². The van der Waals surface area contributed by atoms with E-state index in [1.165, 1.54) is 0 Å². The topological polar surface area (TPSA) is 129 Å². The van der Waals surface area contributed by atoms with Gasteiger partial charge in [-0.05, 0) is 88.2 Å². The van der Waals surface area contributed by atoms with Crippen molar-refractivity contribution in [3.05, 3.63) is 95.1 Å². The number of nitrogens with zero attached hydrogens (tertiary/aromatic N) is 2. The van der Waals surface area contributed by atoms with Gasteiger partial charge in [-0.2, -0.15) is 0 Å². The number of carboxylic acid groups (broad SMARTS) is 1. The number of nitrogens with one attached hydrogen (secondary N) is 1. The number of likely N-dealkylation sites (N-methyl/N-ethyl adjacent to an activating group) is 1. The fourth-order valence-electron chi connectivity index (χ4n) is 5.69. The Kier molecular flexibility index (Phi) is 12.9. The third kappa shape index (κ3) is 10.1. The van der Waals surface area contributed by atoms with Crippen molar-refractivity contribution < 1.29 is 34.1 Å². The Hall–Kier alpha value is -4.25. The van der Waals surface area contributed by atoms with Gasteiger partial charge in [0.25, 0.3) is 11.8 Å². The number of fused-ring (bicyclic) bond motifs is 1. The fraction of sp³-hybridized carbons (Fsp3) is 0.432. The normalized spacial score (nSPS) is 20.1. The molecule has 0 unspecified atom stereocenters. The zero-order valence-corrected chi connectivity index (χ0v) is 27.7. The fourth-order valence-corrected chi connectivity index (χ4v) is 5.69. The van der Waals surface area contributed by atoms with Gasteiger partial charge in [-0.15, -0.1) is 0 Å². The van der Waals surface area contributed by atoms with Crippen LogP contribution < -0.4 is 10.1 Å². The number of aliphatic hydroxyl groups is 1. The van der Waals surface area contributed by atoms with Gasteiger partial charge in [0, 0.05) is 43.4 Å². The number of carbonyl (C=O) groups excluding carboxylic acids is 2. The predicted molar refractivity (Wildman–Crippen MR) is 181 cm³/mol. The molecule has 0 aliphatic carbocycles. The first-order chi connectivity index (χ1) is 22.5. The van der Waals surface area contributed by atoms with Crippen molar-refractivity contribution in [2.75, 3.05) is 38.7 Å². The second-order valence-corrected chi connectivity index (χ2v) is 12.5. The molecule has 4 atom stereocenters. The molecular formula is C37H47N3O7. The second-order valence-electron chi connectivity index (χ2n) is 12.5. The first-order valence-electron chi connectivity index (χ1n) is 16.3. The van der Waals surface area contributed by atoms with Crippen molar-refractivity contribution in [2.24, 2.45) is 5.92 Å². The highest BCUT2D eigenvalue weighted by molar-refractivity contribution is 6.05. The van der Waals surface area contributed by atoms with Crippen molar-refractivity contribution in [1.82, 2.24) is 9.80 Å². The van der Waals surface area contributed by atoms with Crippen LogP contribution in [0.25, 0.3) is 0 Å². The number of hydrogen-bond donors (Lipinski definition) is 3. The van der Waals surface area contributed by atoms with E-state index in [4.69, 9.17) is 9.47 Å². The number of benzene rings is 3. The van der Waals surface area contributed by atoms with E-state index < -0.39 is 12.0 Å². The molecule has 1 heterocycles. The molecule has 2 amide bonds. The first kappa shape index (κ1) is 35.6. The van der Waals surface area contributed by atoms with Crippen LogP contribution in [0, 0.1) is 5.92 Å². The van der Waals surface area contributed by atoms with Crippen LogP contribution in [0.3, 0.4) is 0 Å². The second kappa shape index (κ2) is 17.1. The number of anilines is 1. The summed E-state index contributed by atoms with van der Waals surface area (Å²) in [6.45, 7) is 7.67. The molecule has 3 N–H and O–H groups in total. The molecule has 0 spiro atoms. The molecule has 3 aromatic rings. The summed E-state index contributed by atoms with van der Waals surface area (Å²) in [5, 5.41) is 22.4. The van der Waals surface area contributed by atoms with Gasteiger partial charge in [0.1, 0.15) is 5.75 Å². The van der Waals surface area contributed by atoms with Crippen molar-refractivity contribution in [2.45, 2.75) is 64.8 Å². The van der Waals surface area contributed by atoms with Gasteiger partial charge in [0.15, 0.2) is 0 Å². The molecule has 10 nitrogen and oxygen atoms in total. The molecule has 1 aliphatic heterocycles. The Morgan fingerprint density at radius 1 is 1.02 bits per heavy atom. The molecule has 47 heavy (non-hydrogen) atoms. The minimum Gasteiger partial charge on any atom is -0.490 e. The first-order valence-corrected chi connectivity index (χ1v) is 16.3. The van der Waals surface area contributed by atoms with Crippen LogP contribution in [-0.2, 0) is 11.3 Å². The smallest absolute Gasteiger partial charge is 0.335 e. The highest BCUT2D eigenvalue weighted by Gasteiger charge is 2.30. The van der Waals surface area contributed by atoms with E-state index in [1.807, 2.05) is 39.1 Å². The van der Waals surface area contributed by atoms with Gasteiger partial charge in [-0.3, -0.25) is 14.5 Å². The zero-order chi connectivity index (χ0) is 33.9. The van der Waals surface area contributed by atoms with Crippen molar-refractivity contribution >= 4 is 23.5 Å². The van der Waals surface area contributed by atoms with Gasteiger partial charge in [-0.25, -0.2) is 4.79 Å². The van der Waals surface area contributed by atoms with Gasteiger partial charge < -0.3 is 29.9 Å². The van der Waals surface area contributed by atoms with E-state index in [0.29, 0.717) is 48.8 Å². The van der Waals surface area contributed by atoms with E-state index in [0.717, 1.165) is 24.8 Å². The summed E-state index contributed by atoms with van der Waals surface area (Å²) in [5.74, 6) is -1.22. The Balaban J connectivity index is 1.59. The molecule has 0 bridgehead atoms. The van der Waals surface area contributed by atoms with Crippen LogP contribution in [0.15, 0.2) is 72.8 Å². The maximum Gasteiger partial charge on any atom is 0.335 e. The van der Waals surface area contributed by atoms with Crippen molar-refractivity contribution in [3.8, 4) is 5.75 Å². The number of ether oxygens (including phenoxy) is 2. The average molecular weight is 646 g/mol. The maximum atomic E-state index is 14.3. The minimum absolute atomic E-state index is 0.100. The summed E-state index contributed by atoms with van der Waals surface area (Å²) in [6.07, 6.45) is 2.13. The number of carbonyl (C=O) groups is 3. The molecule has 0 aromatic heterocycles. The molecule has 252 valence electrons. The van der Waals surface area contributed by atoms with E-state index in [9.17, 15) is 24.6 Å². The Bertz CT molecular complexity index is 1480. The summed E-state index contributed by atoms with van der Waals surface area (Å²) in [4.78, 5) is 42.3. The molecule has 3 aromatic carbocycles. The van der Waals surface area contributed by atoms with Crippen LogP contribution >= 0.6 is 0 Å². The van der Waals surface area contributed by atoms with Crippen LogP contribution in [-0.4, -0.2) is 89.4 Å². The maximum absolute atomic E-state index is 14.3. The lowest BCUT2D eigenvalue weighted by Gasteiger charge is -2.36. The average Bonchev–Trinajstić information content (AvgIpc) is 3.06. The Morgan fingerprint density at radius 2 is 1.74 bits per heavy atom. The largest absolute Gasteiger partial charge is 0.490 e. The Morgan fingerprint density at radius 3 is 2.43 bits per heavy atom. The zero-order valence-electron chi connectivity index (χ0n) is 27.7. The molecule has 0 saturated carbocycles. The number of carboxylic acids is 1. The Labute approximate surface area is 277 Å². The van der Waals surface area contributed by atoms with Crippen LogP contribution in [0.1, 0.15) is 76.7 Å². The third-order valence-corrected chi connectivity index (χ3v) is 8.49. The lowest BCUT2D eigenvalue weighted by Crippen LogP contribution is -2.47. The van der Waals surface area contributed by atoms with E-state index in [1.54, 1.807) is 66.4 Å². The number of aliphatic hydroxyl groups excluding tert-OH is 1. The molecule has 0 radical (unpaired) electrons. The minimum atomic E-state index is -0.959. The third-order valence-electron chi connectivity index (χ3n) is 8.49. The number of aromatic carboxylic acids is 1. The van der Waals surface area contributed by atoms with E-state index in [2.05, 4.69) is 10.2 Å². The highest BCUT2D eigenvalue weighted by atomic mass is 16.5. The van der Waals surface area contributed by atoms with Gasteiger partial charge in [0.05, 0.1) is 36.0 Å². The quantitative estimate of drug-likeness (QED) is 0.276. The lowest BCUT2D eigenvalue weighted by atomic mass is 10.0. The van der Waals surface area contributed by atoms with Crippen LogP contribution in [0.5, 0.6) is 5.75 Å². The SMILES string of the molecule is C[C@@H]1CCCCO[C@H](CN(C)Cc2ccc(C(=O)O)cc2)[C@@H](C)CN([C@H](C)CO)C(=O)c2cc(NC(=O)c3ccccc3)ccc2O1. The molecule has 4 rings (SSSR count). The molecular weight excluding hydrogens is 598 g/mol. The molecule has 10 heteroatoms. The lowest BCUT2D eigenvalue weighted by molar-refractivity contribution is -0.0177. The van der Waals surface area contributed by atoms with E-state index in [-0.39, 0.29) is 42.1 Å². The van der Waals surface area contributed by atoms with Gasteiger partial charge >= 0.3 is 5.97 Å². The van der Waals surface area contributed by atoms with Crippen molar-refractivity contribution in [3.63, 3.8) is 0 Å².